The molecular weight excluding hydrogens is 232 g/mol. The van der Waals surface area contributed by atoms with Gasteiger partial charge in [-0.25, -0.2) is 0 Å². The molecule has 4 rings (SSSR count). The van der Waals surface area contributed by atoms with E-state index in [9.17, 15) is 0 Å². The van der Waals surface area contributed by atoms with Gasteiger partial charge in [0.25, 0.3) is 0 Å². The minimum atomic E-state index is 0.427. The Morgan fingerprint density at radius 1 is 0.842 bits per heavy atom. The molecule has 2 aliphatic rings. The zero-order valence-corrected chi connectivity index (χ0v) is 10.8. The molecule has 2 heterocycles. The number of benzene rings is 2. The van der Waals surface area contributed by atoms with Crippen LogP contribution < -0.4 is 10.6 Å². The highest BCUT2D eigenvalue weighted by Gasteiger charge is 2.39. The second-order valence-electron chi connectivity index (χ2n) is 5.50. The van der Waals surface area contributed by atoms with Gasteiger partial charge < -0.3 is 10.6 Å². The first-order valence-electron chi connectivity index (χ1n) is 7.07. The molecule has 0 spiro atoms. The Morgan fingerprint density at radius 2 is 1.63 bits per heavy atom. The third-order valence-corrected chi connectivity index (χ3v) is 4.46. The molecule has 96 valence electrons. The van der Waals surface area contributed by atoms with Crippen molar-refractivity contribution in [2.45, 2.75) is 18.5 Å². The largest absolute Gasteiger partial charge is 0.378 e. The van der Waals surface area contributed by atoms with E-state index in [2.05, 4.69) is 65.2 Å². The summed E-state index contributed by atoms with van der Waals surface area (Å²) in [5.74, 6) is 0.650. The highest BCUT2D eigenvalue weighted by molar-refractivity contribution is 5.57. The van der Waals surface area contributed by atoms with Gasteiger partial charge in [-0.2, -0.15) is 0 Å². The Balaban J connectivity index is 1.79. The van der Waals surface area contributed by atoms with Gasteiger partial charge in [-0.1, -0.05) is 48.5 Å². The number of para-hydroxylation sites is 1. The topological polar surface area (TPSA) is 24.1 Å². The maximum atomic E-state index is 3.74. The van der Waals surface area contributed by atoms with Gasteiger partial charge >= 0.3 is 0 Å². The second kappa shape index (κ2) is 4.39. The van der Waals surface area contributed by atoms with Crippen molar-refractivity contribution >= 4 is 5.69 Å². The molecule has 19 heavy (non-hydrogen) atoms. The molecule has 0 amide bonds. The smallest absolute Gasteiger partial charge is 0.0560 e. The van der Waals surface area contributed by atoms with Crippen molar-refractivity contribution in [3.05, 3.63) is 65.7 Å². The number of hydrogen-bond donors (Lipinski definition) is 2. The van der Waals surface area contributed by atoms with Crippen molar-refractivity contribution in [2.24, 2.45) is 5.92 Å². The van der Waals surface area contributed by atoms with Crippen molar-refractivity contribution < 1.29 is 0 Å². The van der Waals surface area contributed by atoms with Crippen molar-refractivity contribution in [3.63, 3.8) is 0 Å². The van der Waals surface area contributed by atoms with E-state index in [1.165, 1.54) is 23.2 Å². The van der Waals surface area contributed by atoms with E-state index in [0.29, 0.717) is 18.0 Å². The Kier molecular flexibility index (Phi) is 2.56. The normalized spacial score (nSPS) is 28.3. The van der Waals surface area contributed by atoms with Gasteiger partial charge in [0.2, 0.25) is 0 Å². The fourth-order valence-corrected chi connectivity index (χ4v) is 3.59. The highest BCUT2D eigenvalue weighted by atomic mass is 15.0. The SMILES string of the molecule is c1ccc(C2Nc3ccccc3[C@H]3NCC[C@@H]23)cc1. The second-order valence-corrected chi connectivity index (χ2v) is 5.50. The molecule has 0 bridgehead atoms. The van der Waals surface area contributed by atoms with Crippen LogP contribution in [0.3, 0.4) is 0 Å². The first-order chi connectivity index (χ1) is 9.43. The summed E-state index contributed by atoms with van der Waals surface area (Å²) in [7, 11) is 0. The summed E-state index contributed by atoms with van der Waals surface area (Å²) < 4.78 is 0. The molecule has 2 aromatic rings. The summed E-state index contributed by atoms with van der Waals surface area (Å²) in [5.41, 5.74) is 4.11. The molecule has 2 nitrogen and oxygen atoms in total. The fourth-order valence-electron chi connectivity index (χ4n) is 3.59. The lowest BCUT2D eigenvalue weighted by molar-refractivity contribution is 0.391. The van der Waals surface area contributed by atoms with Gasteiger partial charge in [0, 0.05) is 17.6 Å². The lowest BCUT2D eigenvalue weighted by Crippen LogP contribution is -2.32. The first-order valence-corrected chi connectivity index (χ1v) is 7.07. The highest BCUT2D eigenvalue weighted by Crippen LogP contribution is 2.46. The van der Waals surface area contributed by atoms with E-state index in [0.717, 1.165) is 6.54 Å². The van der Waals surface area contributed by atoms with Crippen LogP contribution >= 0.6 is 0 Å². The number of hydrogen-bond acceptors (Lipinski definition) is 2. The maximum absolute atomic E-state index is 3.74. The Labute approximate surface area is 113 Å². The molecule has 1 fully saturated rings. The van der Waals surface area contributed by atoms with Crippen LogP contribution in [-0.2, 0) is 0 Å². The molecule has 1 saturated heterocycles. The molecule has 3 atom stereocenters. The summed E-state index contributed by atoms with van der Waals surface area (Å²) in [6.45, 7) is 1.12. The summed E-state index contributed by atoms with van der Waals surface area (Å²) in [5, 5.41) is 7.42. The zero-order chi connectivity index (χ0) is 12.7. The summed E-state index contributed by atoms with van der Waals surface area (Å²) in [6.07, 6.45) is 1.24. The number of nitrogens with one attached hydrogen (secondary N) is 2. The van der Waals surface area contributed by atoms with Crippen molar-refractivity contribution in [3.8, 4) is 0 Å². The lowest BCUT2D eigenvalue weighted by Gasteiger charge is -2.37. The predicted molar refractivity (Wildman–Crippen MR) is 78.1 cm³/mol. The minimum absolute atomic E-state index is 0.427. The third-order valence-electron chi connectivity index (χ3n) is 4.46. The zero-order valence-electron chi connectivity index (χ0n) is 10.8. The quantitative estimate of drug-likeness (QED) is 0.809. The summed E-state index contributed by atoms with van der Waals surface area (Å²) in [4.78, 5) is 0. The molecule has 0 radical (unpaired) electrons. The van der Waals surface area contributed by atoms with Crippen LogP contribution in [0.2, 0.25) is 0 Å². The van der Waals surface area contributed by atoms with E-state index in [4.69, 9.17) is 0 Å². The van der Waals surface area contributed by atoms with Crippen LogP contribution in [-0.4, -0.2) is 6.54 Å². The summed E-state index contributed by atoms with van der Waals surface area (Å²) >= 11 is 0. The van der Waals surface area contributed by atoms with E-state index in [1.807, 2.05) is 0 Å². The van der Waals surface area contributed by atoms with Crippen LogP contribution in [0.25, 0.3) is 0 Å². The van der Waals surface area contributed by atoms with E-state index >= 15 is 0 Å². The molecule has 1 unspecified atom stereocenters. The van der Waals surface area contributed by atoms with E-state index in [1.54, 1.807) is 0 Å². The van der Waals surface area contributed by atoms with Crippen molar-refractivity contribution in [2.75, 3.05) is 11.9 Å². The third kappa shape index (κ3) is 1.75. The molecular formula is C17H18N2. The average molecular weight is 250 g/mol. The molecule has 0 aliphatic carbocycles. The fraction of sp³-hybridized carbons (Fsp3) is 0.294. The van der Waals surface area contributed by atoms with Crippen LogP contribution in [0.1, 0.15) is 29.6 Å². The molecule has 2 aliphatic heterocycles. The van der Waals surface area contributed by atoms with Gasteiger partial charge in [-0.3, -0.25) is 0 Å². The maximum Gasteiger partial charge on any atom is 0.0560 e. The van der Waals surface area contributed by atoms with Crippen LogP contribution in [0.5, 0.6) is 0 Å². The van der Waals surface area contributed by atoms with Crippen molar-refractivity contribution in [1.82, 2.24) is 5.32 Å². The number of rotatable bonds is 1. The van der Waals surface area contributed by atoms with Gasteiger partial charge in [0.15, 0.2) is 0 Å². The molecule has 2 heteroatoms. The summed E-state index contributed by atoms with van der Waals surface area (Å²) in [6, 6.07) is 20.5. The van der Waals surface area contributed by atoms with Gasteiger partial charge in [0.1, 0.15) is 0 Å². The van der Waals surface area contributed by atoms with Gasteiger partial charge in [-0.15, -0.1) is 0 Å². The monoisotopic (exact) mass is 250 g/mol. The van der Waals surface area contributed by atoms with E-state index in [-0.39, 0.29) is 0 Å². The average Bonchev–Trinajstić information content (AvgIpc) is 2.97. The molecule has 0 aromatic heterocycles. The molecule has 0 saturated carbocycles. The van der Waals surface area contributed by atoms with Crippen LogP contribution in [0, 0.1) is 5.92 Å². The van der Waals surface area contributed by atoms with Crippen LogP contribution in [0.15, 0.2) is 54.6 Å². The number of anilines is 1. The lowest BCUT2D eigenvalue weighted by atomic mass is 9.80. The molecule has 2 aromatic carbocycles. The minimum Gasteiger partial charge on any atom is -0.378 e. The molecule has 2 N–H and O–H groups in total. The standard InChI is InChI=1S/C17H18N2/c1-2-6-12(7-3-1)16-14-10-11-18-17(14)13-8-4-5-9-15(13)19-16/h1-9,14,16-19H,10-11H2/t14-,16?,17+/m0/s1. The van der Waals surface area contributed by atoms with Gasteiger partial charge in [-0.05, 0) is 30.2 Å². The van der Waals surface area contributed by atoms with Gasteiger partial charge in [0.05, 0.1) is 6.04 Å². The Morgan fingerprint density at radius 3 is 2.53 bits per heavy atom. The first kappa shape index (κ1) is 11.1. The Hall–Kier alpha value is -1.80. The number of fused-ring (bicyclic) bond motifs is 3. The van der Waals surface area contributed by atoms with Crippen LogP contribution in [0.4, 0.5) is 5.69 Å². The Bertz CT molecular complexity index is 579. The predicted octanol–water partition coefficient (Wildman–Crippen LogP) is 3.50. The van der Waals surface area contributed by atoms with Crippen molar-refractivity contribution in [1.29, 1.82) is 0 Å². The van der Waals surface area contributed by atoms with E-state index < -0.39 is 0 Å².